The Morgan fingerprint density at radius 2 is 2.21 bits per heavy atom. The lowest BCUT2D eigenvalue weighted by Gasteiger charge is -2.27. The predicted molar refractivity (Wildman–Crippen MR) is 91.9 cm³/mol. The van der Waals surface area contributed by atoms with Crippen molar-refractivity contribution in [1.29, 1.82) is 0 Å². The Morgan fingerprint density at radius 3 is 2.88 bits per heavy atom. The first-order valence-corrected chi connectivity index (χ1v) is 8.36. The zero-order valence-electron chi connectivity index (χ0n) is 14.2. The number of amides is 2. The number of methoxy groups -OCH3 is 1. The molecule has 0 radical (unpaired) electrons. The van der Waals surface area contributed by atoms with Crippen molar-refractivity contribution in [3.05, 3.63) is 48.3 Å². The largest absolute Gasteiger partial charge is 0.497 e. The highest BCUT2D eigenvalue weighted by Gasteiger charge is 2.30. The van der Waals surface area contributed by atoms with Crippen molar-refractivity contribution in [1.82, 2.24) is 20.0 Å². The highest BCUT2D eigenvalue weighted by Crippen LogP contribution is 2.32. The van der Waals surface area contributed by atoms with Crippen LogP contribution in [0.2, 0.25) is 0 Å². The van der Waals surface area contributed by atoms with Gasteiger partial charge in [0.25, 0.3) is 0 Å². The maximum absolute atomic E-state index is 12.7. The van der Waals surface area contributed by atoms with E-state index < -0.39 is 0 Å². The predicted octanol–water partition coefficient (Wildman–Crippen LogP) is 2.83. The number of likely N-dealkylation sites (tertiary alicyclic amines) is 1. The molecular formula is C18H24N4O2. The lowest BCUT2D eigenvalue weighted by atomic mass is 10.0. The van der Waals surface area contributed by atoms with Crippen molar-refractivity contribution in [2.24, 2.45) is 0 Å². The zero-order valence-corrected chi connectivity index (χ0v) is 14.2. The number of nitrogens with one attached hydrogen (secondary N) is 1. The molecule has 1 aliphatic rings. The zero-order chi connectivity index (χ0) is 16.9. The van der Waals surface area contributed by atoms with Crippen LogP contribution in [0.15, 0.2) is 42.7 Å². The van der Waals surface area contributed by atoms with E-state index in [0.29, 0.717) is 6.54 Å². The third kappa shape index (κ3) is 3.69. The number of hydrogen-bond donors (Lipinski definition) is 1. The Hall–Kier alpha value is -2.50. The van der Waals surface area contributed by atoms with Crippen molar-refractivity contribution in [2.75, 3.05) is 13.7 Å². The molecular weight excluding hydrogens is 304 g/mol. The van der Waals surface area contributed by atoms with E-state index in [4.69, 9.17) is 4.74 Å². The van der Waals surface area contributed by atoms with E-state index in [1.54, 1.807) is 13.3 Å². The molecule has 3 rings (SSSR count). The first-order valence-electron chi connectivity index (χ1n) is 8.36. The summed E-state index contributed by atoms with van der Waals surface area (Å²) in [5.74, 6) is 0.834. The molecule has 2 heterocycles. The van der Waals surface area contributed by atoms with Crippen LogP contribution in [0.4, 0.5) is 4.79 Å². The van der Waals surface area contributed by atoms with Gasteiger partial charge in [0.2, 0.25) is 0 Å². The molecule has 1 aromatic heterocycles. The second-order valence-corrected chi connectivity index (χ2v) is 6.20. The third-order valence-corrected chi connectivity index (χ3v) is 4.40. The van der Waals surface area contributed by atoms with Gasteiger partial charge in [-0.25, -0.2) is 4.79 Å². The molecule has 1 aliphatic heterocycles. The number of ether oxygens (including phenoxy) is 1. The summed E-state index contributed by atoms with van der Waals surface area (Å²) in [7, 11) is 1.66. The molecule has 0 spiro atoms. The summed E-state index contributed by atoms with van der Waals surface area (Å²) in [6.07, 6.45) is 5.67. The van der Waals surface area contributed by atoms with E-state index in [1.807, 2.05) is 53.0 Å². The van der Waals surface area contributed by atoms with Gasteiger partial charge in [-0.05, 0) is 43.5 Å². The number of benzene rings is 1. The Kier molecular flexibility index (Phi) is 5.03. The molecule has 2 aromatic rings. The van der Waals surface area contributed by atoms with Crippen molar-refractivity contribution in [3.8, 4) is 5.75 Å². The van der Waals surface area contributed by atoms with Crippen LogP contribution in [-0.4, -0.2) is 40.4 Å². The maximum atomic E-state index is 12.7. The van der Waals surface area contributed by atoms with Gasteiger partial charge in [0, 0.05) is 25.0 Å². The molecule has 1 aromatic carbocycles. The molecule has 6 nitrogen and oxygen atoms in total. The molecule has 128 valence electrons. The molecule has 0 bridgehead atoms. The van der Waals surface area contributed by atoms with E-state index in [-0.39, 0.29) is 18.1 Å². The first-order chi connectivity index (χ1) is 11.7. The Morgan fingerprint density at radius 1 is 1.42 bits per heavy atom. The standard InChI is InChI=1S/C18H24N4O2/c1-14(13-21-11-4-10-19-21)20-18(23)22-12-3-5-17(22)15-6-8-16(24-2)9-7-15/h4,6-11,14,17H,3,5,12-13H2,1-2H3,(H,20,23)/t14-,17+/m1/s1. The van der Waals surface area contributed by atoms with Gasteiger partial charge in [-0.2, -0.15) is 5.10 Å². The number of hydrogen-bond acceptors (Lipinski definition) is 3. The van der Waals surface area contributed by atoms with E-state index >= 15 is 0 Å². The van der Waals surface area contributed by atoms with Gasteiger partial charge in [-0.1, -0.05) is 12.1 Å². The fourth-order valence-corrected chi connectivity index (χ4v) is 3.21. The monoisotopic (exact) mass is 328 g/mol. The summed E-state index contributed by atoms with van der Waals surface area (Å²) >= 11 is 0. The summed E-state index contributed by atoms with van der Waals surface area (Å²) in [6, 6.07) is 10.0. The number of carbonyl (C=O) groups excluding carboxylic acids is 1. The SMILES string of the molecule is COc1ccc([C@@H]2CCCN2C(=O)N[C@H](C)Cn2cccn2)cc1. The van der Waals surface area contributed by atoms with Gasteiger partial charge < -0.3 is 15.0 Å². The van der Waals surface area contributed by atoms with Crippen LogP contribution in [0.25, 0.3) is 0 Å². The average Bonchev–Trinajstić information content (AvgIpc) is 3.26. The average molecular weight is 328 g/mol. The minimum Gasteiger partial charge on any atom is -0.497 e. The first kappa shape index (κ1) is 16.4. The van der Waals surface area contributed by atoms with Gasteiger partial charge >= 0.3 is 6.03 Å². The van der Waals surface area contributed by atoms with Gasteiger partial charge in [0.05, 0.1) is 19.7 Å². The topological polar surface area (TPSA) is 59.4 Å². The van der Waals surface area contributed by atoms with Crippen molar-refractivity contribution in [2.45, 2.75) is 38.4 Å². The molecule has 24 heavy (non-hydrogen) atoms. The minimum absolute atomic E-state index is 0.00651. The minimum atomic E-state index is -0.00651. The van der Waals surface area contributed by atoms with Crippen LogP contribution in [0.1, 0.15) is 31.4 Å². The van der Waals surface area contributed by atoms with E-state index in [1.165, 1.54) is 0 Å². The second kappa shape index (κ2) is 7.38. The van der Waals surface area contributed by atoms with Gasteiger partial charge in [0.15, 0.2) is 0 Å². The van der Waals surface area contributed by atoms with Crippen LogP contribution in [-0.2, 0) is 6.54 Å². The van der Waals surface area contributed by atoms with Crippen LogP contribution in [0.3, 0.4) is 0 Å². The summed E-state index contributed by atoms with van der Waals surface area (Å²) < 4.78 is 7.04. The van der Waals surface area contributed by atoms with E-state index in [9.17, 15) is 4.79 Å². The lowest BCUT2D eigenvalue weighted by Crippen LogP contribution is -2.44. The Labute approximate surface area is 142 Å². The maximum Gasteiger partial charge on any atom is 0.318 e. The summed E-state index contributed by atoms with van der Waals surface area (Å²) in [5, 5.41) is 7.26. The molecule has 0 aliphatic carbocycles. The highest BCUT2D eigenvalue weighted by molar-refractivity contribution is 5.75. The van der Waals surface area contributed by atoms with Crippen molar-refractivity contribution >= 4 is 6.03 Å². The lowest BCUT2D eigenvalue weighted by molar-refractivity contribution is 0.188. The smallest absolute Gasteiger partial charge is 0.318 e. The van der Waals surface area contributed by atoms with Crippen LogP contribution in [0.5, 0.6) is 5.75 Å². The normalized spacial score (nSPS) is 18.4. The van der Waals surface area contributed by atoms with E-state index in [2.05, 4.69) is 10.4 Å². The van der Waals surface area contributed by atoms with Crippen molar-refractivity contribution < 1.29 is 9.53 Å². The Bertz CT molecular complexity index is 654. The molecule has 6 heteroatoms. The molecule has 1 fully saturated rings. The number of aromatic nitrogens is 2. The second-order valence-electron chi connectivity index (χ2n) is 6.20. The molecule has 2 atom stereocenters. The summed E-state index contributed by atoms with van der Waals surface area (Å²) in [5.41, 5.74) is 1.16. The number of carbonyl (C=O) groups is 1. The molecule has 1 N–H and O–H groups in total. The molecule has 0 saturated carbocycles. The quantitative estimate of drug-likeness (QED) is 0.918. The van der Waals surface area contributed by atoms with E-state index in [0.717, 1.165) is 30.7 Å². The van der Waals surface area contributed by atoms with Crippen LogP contribution >= 0.6 is 0 Å². The van der Waals surface area contributed by atoms with Gasteiger partial charge in [-0.3, -0.25) is 4.68 Å². The van der Waals surface area contributed by atoms with Crippen molar-refractivity contribution in [3.63, 3.8) is 0 Å². The molecule has 2 amide bonds. The number of urea groups is 1. The fourth-order valence-electron chi connectivity index (χ4n) is 3.21. The van der Waals surface area contributed by atoms with Crippen LogP contribution < -0.4 is 10.1 Å². The summed E-state index contributed by atoms with van der Waals surface area (Å²) in [6.45, 7) is 3.45. The fraction of sp³-hybridized carbons (Fsp3) is 0.444. The summed E-state index contributed by atoms with van der Waals surface area (Å²) in [4.78, 5) is 14.6. The molecule has 1 saturated heterocycles. The Balaban J connectivity index is 1.62. The number of rotatable bonds is 5. The van der Waals surface area contributed by atoms with Gasteiger partial charge in [0.1, 0.15) is 5.75 Å². The van der Waals surface area contributed by atoms with Crippen LogP contribution in [0, 0.1) is 0 Å². The number of nitrogens with zero attached hydrogens (tertiary/aromatic N) is 3. The third-order valence-electron chi connectivity index (χ3n) is 4.40. The van der Waals surface area contributed by atoms with Gasteiger partial charge in [-0.15, -0.1) is 0 Å². The molecule has 0 unspecified atom stereocenters. The highest BCUT2D eigenvalue weighted by atomic mass is 16.5.